The van der Waals surface area contributed by atoms with Gasteiger partial charge in [-0.15, -0.1) is 0 Å². The molecule has 2 aliphatic rings. The van der Waals surface area contributed by atoms with E-state index < -0.39 is 0 Å². The molecule has 0 aliphatic carbocycles. The molecule has 3 aromatic carbocycles. The lowest BCUT2D eigenvalue weighted by Crippen LogP contribution is -2.44. The first-order chi connectivity index (χ1) is 17.1. The molecule has 2 atom stereocenters. The molecule has 0 unspecified atom stereocenters. The number of hydrogen-bond donors (Lipinski definition) is 3. The highest BCUT2D eigenvalue weighted by atomic mass is 16.1. The van der Waals surface area contributed by atoms with Gasteiger partial charge in [-0.1, -0.05) is 48.5 Å². The number of amides is 1. The summed E-state index contributed by atoms with van der Waals surface area (Å²) in [7, 11) is 0. The number of hydrogen-bond acceptors (Lipinski definition) is 4. The van der Waals surface area contributed by atoms with Crippen molar-refractivity contribution in [2.45, 2.75) is 57.7 Å². The van der Waals surface area contributed by atoms with Crippen molar-refractivity contribution in [3.63, 3.8) is 0 Å². The van der Waals surface area contributed by atoms with Crippen LogP contribution in [0.3, 0.4) is 0 Å². The Morgan fingerprint density at radius 1 is 1.06 bits per heavy atom. The first-order valence-corrected chi connectivity index (χ1v) is 13.2. The molecule has 5 heteroatoms. The quantitative estimate of drug-likeness (QED) is 0.440. The van der Waals surface area contributed by atoms with Gasteiger partial charge in [0.2, 0.25) is 0 Å². The molecule has 1 amide bonds. The van der Waals surface area contributed by atoms with Crippen molar-refractivity contribution in [2.75, 3.05) is 31.5 Å². The lowest BCUT2D eigenvalue weighted by atomic mass is 9.99. The molecule has 2 fully saturated rings. The van der Waals surface area contributed by atoms with Crippen molar-refractivity contribution in [3.05, 3.63) is 77.4 Å². The standard InChI is InChI=1S/C30H38N4O/c1-21-12-13-25(33-24-14-17-34(18-15-24)20-26-9-6-16-31-26)19-29(21)30(35)32-22(2)27-11-5-8-23-7-3-4-10-28(23)27/h3-5,7-8,10-13,19,22,24,26,31,33H,6,9,14-18,20H2,1-2H3,(H,32,35)/t22-,26-/m1/s1. The summed E-state index contributed by atoms with van der Waals surface area (Å²) in [4.78, 5) is 15.9. The molecule has 3 aromatic rings. The smallest absolute Gasteiger partial charge is 0.252 e. The summed E-state index contributed by atoms with van der Waals surface area (Å²) in [6.07, 6.45) is 4.90. The van der Waals surface area contributed by atoms with Crippen LogP contribution in [0.1, 0.15) is 60.1 Å². The highest BCUT2D eigenvalue weighted by molar-refractivity contribution is 5.97. The lowest BCUT2D eigenvalue weighted by Gasteiger charge is -2.34. The predicted molar refractivity (Wildman–Crippen MR) is 145 cm³/mol. The van der Waals surface area contributed by atoms with Crippen molar-refractivity contribution in [3.8, 4) is 0 Å². The zero-order chi connectivity index (χ0) is 24.2. The number of nitrogens with one attached hydrogen (secondary N) is 3. The van der Waals surface area contributed by atoms with Crippen molar-refractivity contribution >= 4 is 22.4 Å². The molecule has 2 saturated heterocycles. The topological polar surface area (TPSA) is 56.4 Å². The molecule has 5 nitrogen and oxygen atoms in total. The van der Waals surface area contributed by atoms with Crippen molar-refractivity contribution in [1.29, 1.82) is 0 Å². The fourth-order valence-electron chi connectivity index (χ4n) is 5.66. The maximum Gasteiger partial charge on any atom is 0.252 e. The van der Waals surface area contributed by atoms with E-state index in [1.165, 1.54) is 36.7 Å². The second-order valence-electron chi connectivity index (χ2n) is 10.3. The normalized spacial score (nSPS) is 20.1. The first kappa shape index (κ1) is 23.8. The van der Waals surface area contributed by atoms with Crippen molar-refractivity contribution < 1.29 is 4.79 Å². The van der Waals surface area contributed by atoms with Crippen molar-refractivity contribution in [1.82, 2.24) is 15.5 Å². The number of nitrogens with zero attached hydrogens (tertiary/aromatic N) is 1. The van der Waals surface area contributed by atoms with Gasteiger partial charge < -0.3 is 20.9 Å². The fourth-order valence-corrected chi connectivity index (χ4v) is 5.66. The van der Waals surface area contributed by atoms with Crippen molar-refractivity contribution in [2.24, 2.45) is 0 Å². The third-order valence-corrected chi connectivity index (χ3v) is 7.72. The summed E-state index contributed by atoms with van der Waals surface area (Å²) in [5.74, 6) is -0.0227. The van der Waals surface area contributed by atoms with Crippen LogP contribution in [0, 0.1) is 6.92 Å². The Morgan fingerprint density at radius 2 is 1.86 bits per heavy atom. The molecule has 184 valence electrons. The SMILES string of the molecule is Cc1ccc(NC2CCN(C[C@H]3CCCN3)CC2)cc1C(=O)N[C@H](C)c1cccc2ccccc12. The van der Waals surface area contributed by atoms with Gasteiger partial charge in [0, 0.05) is 43.0 Å². The summed E-state index contributed by atoms with van der Waals surface area (Å²) in [5.41, 5.74) is 3.92. The van der Waals surface area contributed by atoms with Crippen LogP contribution >= 0.6 is 0 Å². The Kier molecular flexibility index (Phi) is 7.35. The Balaban J connectivity index is 1.21. The van der Waals surface area contributed by atoms with E-state index in [-0.39, 0.29) is 11.9 Å². The van der Waals surface area contributed by atoms with E-state index in [2.05, 4.69) is 76.3 Å². The van der Waals surface area contributed by atoms with Gasteiger partial charge in [0.1, 0.15) is 0 Å². The molecular weight excluding hydrogens is 432 g/mol. The third kappa shape index (κ3) is 5.68. The zero-order valence-electron chi connectivity index (χ0n) is 21.0. The number of anilines is 1. The molecular formula is C30H38N4O. The molecule has 5 rings (SSSR count). The molecule has 0 saturated carbocycles. The minimum Gasteiger partial charge on any atom is -0.382 e. The second kappa shape index (κ2) is 10.8. The van der Waals surface area contributed by atoms with Crippen LogP contribution in [0.2, 0.25) is 0 Å². The Hall–Kier alpha value is -2.89. The molecule has 0 radical (unpaired) electrons. The minimum absolute atomic E-state index is 0.0227. The van der Waals surface area contributed by atoms with E-state index in [4.69, 9.17) is 0 Å². The van der Waals surface area contributed by atoms with E-state index in [0.717, 1.165) is 48.3 Å². The third-order valence-electron chi connectivity index (χ3n) is 7.72. The monoisotopic (exact) mass is 470 g/mol. The number of piperidine rings is 1. The Labute approximate surface area is 209 Å². The van der Waals surface area contributed by atoms with Gasteiger partial charge in [-0.25, -0.2) is 0 Å². The van der Waals surface area contributed by atoms with E-state index in [9.17, 15) is 4.79 Å². The summed E-state index contributed by atoms with van der Waals surface area (Å²) in [6.45, 7) is 8.70. The minimum atomic E-state index is -0.0803. The summed E-state index contributed by atoms with van der Waals surface area (Å²) < 4.78 is 0. The van der Waals surface area contributed by atoms with Crippen LogP contribution in [-0.2, 0) is 0 Å². The van der Waals surface area contributed by atoms with Crippen LogP contribution in [0.25, 0.3) is 10.8 Å². The van der Waals surface area contributed by atoms with Gasteiger partial charge in [-0.05, 0) is 80.1 Å². The van der Waals surface area contributed by atoms with Crippen LogP contribution in [0.5, 0.6) is 0 Å². The number of likely N-dealkylation sites (tertiary alicyclic amines) is 1. The second-order valence-corrected chi connectivity index (χ2v) is 10.3. The van der Waals surface area contributed by atoms with E-state index in [0.29, 0.717) is 12.1 Å². The molecule has 35 heavy (non-hydrogen) atoms. The van der Waals surface area contributed by atoms with Gasteiger partial charge in [-0.2, -0.15) is 0 Å². The maximum absolute atomic E-state index is 13.3. The molecule has 2 heterocycles. The number of rotatable bonds is 7. The van der Waals surface area contributed by atoms with E-state index in [1.54, 1.807) is 0 Å². The summed E-state index contributed by atoms with van der Waals surface area (Å²) in [6, 6.07) is 21.9. The van der Waals surface area contributed by atoms with Gasteiger partial charge in [0.25, 0.3) is 5.91 Å². The molecule has 0 spiro atoms. The summed E-state index contributed by atoms with van der Waals surface area (Å²) >= 11 is 0. The molecule has 0 aromatic heterocycles. The largest absolute Gasteiger partial charge is 0.382 e. The zero-order valence-corrected chi connectivity index (χ0v) is 21.0. The van der Waals surface area contributed by atoms with Crippen LogP contribution in [0.15, 0.2) is 60.7 Å². The van der Waals surface area contributed by atoms with Gasteiger partial charge in [-0.3, -0.25) is 4.79 Å². The first-order valence-electron chi connectivity index (χ1n) is 13.2. The number of benzene rings is 3. The van der Waals surface area contributed by atoms with Crippen LogP contribution in [-0.4, -0.2) is 49.1 Å². The summed E-state index contributed by atoms with van der Waals surface area (Å²) in [5, 5.41) is 12.9. The van der Waals surface area contributed by atoms with Crippen LogP contribution < -0.4 is 16.0 Å². The highest BCUT2D eigenvalue weighted by Crippen LogP contribution is 2.25. The van der Waals surface area contributed by atoms with E-state index in [1.807, 2.05) is 19.1 Å². The Bertz CT molecular complexity index is 1160. The number of carbonyl (C=O) groups excluding carboxylic acids is 1. The average Bonchev–Trinajstić information content (AvgIpc) is 3.39. The van der Waals surface area contributed by atoms with E-state index >= 15 is 0 Å². The Morgan fingerprint density at radius 3 is 2.66 bits per heavy atom. The predicted octanol–water partition coefficient (Wildman–Crippen LogP) is 5.27. The highest BCUT2D eigenvalue weighted by Gasteiger charge is 2.23. The molecule has 2 aliphatic heterocycles. The molecule has 0 bridgehead atoms. The number of fused-ring (bicyclic) bond motifs is 1. The maximum atomic E-state index is 13.3. The number of aryl methyl sites for hydroxylation is 1. The van der Waals surface area contributed by atoms with Gasteiger partial charge in [0.15, 0.2) is 0 Å². The lowest BCUT2D eigenvalue weighted by molar-refractivity contribution is 0.0939. The van der Waals surface area contributed by atoms with Gasteiger partial charge >= 0.3 is 0 Å². The average molecular weight is 471 g/mol. The fraction of sp³-hybridized carbons (Fsp3) is 0.433. The number of carbonyl (C=O) groups is 1. The van der Waals surface area contributed by atoms with Gasteiger partial charge in [0.05, 0.1) is 6.04 Å². The van der Waals surface area contributed by atoms with Crippen LogP contribution in [0.4, 0.5) is 5.69 Å². The molecule has 3 N–H and O–H groups in total.